The second kappa shape index (κ2) is 8.18. The first-order valence-corrected chi connectivity index (χ1v) is 8.70. The third-order valence-corrected chi connectivity index (χ3v) is 4.89. The molecule has 4 nitrogen and oxygen atoms in total. The molecule has 2 N–H and O–H groups in total. The van der Waals surface area contributed by atoms with Crippen LogP contribution >= 0.6 is 0 Å². The molecular weight excluding hydrogens is 300 g/mol. The first-order chi connectivity index (χ1) is 11.8. The van der Waals surface area contributed by atoms with Gasteiger partial charge in [-0.1, -0.05) is 24.3 Å². The first-order valence-electron chi connectivity index (χ1n) is 8.70. The predicted octanol–water partition coefficient (Wildman–Crippen LogP) is 0.187. The van der Waals surface area contributed by atoms with Crippen LogP contribution in [0.25, 0.3) is 0 Å². The van der Waals surface area contributed by atoms with Crippen LogP contribution in [0.2, 0.25) is 0 Å². The Hall–Kier alpha value is -2.04. The maximum Gasteiger partial charge on any atom is 0.127 e. The largest absolute Gasteiger partial charge is 0.497 e. The van der Waals surface area contributed by atoms with E-state index in [0.29, 0.717) is 0 Å². The molecule has 128 valence electrons. The Bertz CT molecular complexity index is 652. The number of ether oxygens (including phenoxy) is 2. The van der Waals surface area contributed by atoms with Crippen molar-refractivity contribution in [2.75, 3.05) is 40.4 Å². The molecule has 0 aliphatic carbocycles. The van der Waals surface area contributed by atoms with E-state index < -0.39 is 0 Å². The van der Waals surface area contributed by atoms with Crippen molar-refractivity contribution in [1.29, 1.82) is 0 Å². The van der Waals surface area contributed by atoms with Gasteiger partial charge in [-0.25, -0.2) is 0 Å². The highest BCUT2D eigenvalue weighted by Gasteiger charge is 2.24. The quantitative estimate of drug-likeness (QED) is 0.792. The molecular formula is C20H28N2O2+2. The molecule has 24 heavy (non-hydrogen) atoms. The van der Waals surface area contributed by atoms with Gasteiger partial charge in [0.2, 0.25) is 0 Å². The Morgan fingerprint density at radius 2 is 1.50 bits per heavy atom. The highest BCUT2D eigenvalue weighted by atomic mass is 16.5. The zero-order chi connectivity index (χ0) is 16.8. The molecule has 2 aromatic carbocycles. The number of methoxy groups -OCH3 is 2. The van der Waals surface area contributed by atoms with Gasteiger partial charge in [-0.3, -0.25) is 0 Å². The molecule has 0 unspecified atom stereocenters. The zero-order valence-electron chi connectivity index (χ0n) is 14.7. The molecule has 1 heterocycles. The van der Waals surface area contributed by atoms with Crippen LogP contribution in [0.5, 0.6) is 11.5 Å². The predicted molar refractivity (Wildman–Crippen MR) is 94.8 cm³/mol. The van der Waals surface area contributed by atoms with Crippen molar-refractivity contribution in [3.63, 3.8) is 0 Å². The summed E-state index contributed by atoms with van der Waals surface area (Å²) in [6, 6.07) is 16.8. The van der Waals surface area contributed by atoms with Gasteiger partial charge >= 0.3 is 0 Å². The van der Waals surface area contributed by atoms with E-state index in [2.05, 4.69) is 36.4 Å². The number of nitrogens with one attached hydrogen (secondary N) is 2. The van der Waals surface area contributed by atoms with Crippen LogP contribution < -0.4 is 19.3 Å². The minimum absolute atomic E-state index is 0.951. The van der Waals surface area contributed by atoms with Crippen molar-refractivity contribution >= 4 is 0 Å². The maximum atomic E-state index is 5.48. The van der Waals surface area contributed by atoms with E-state index in [1.54, 1.807) is 24.0 Å². The Kier molecular flexibility index (Phi) is 5.72. The van der Waals surface area contributed by atoms with Crippen LogP contribution in [0.3, 0.4) is 0 Å². The van der Waals surface area contributed by atoms with E-state index in [0.717, 1.165) is 24.6 Å². The van der Waals surface area contributed by atoms with Crippen LogP contribution in [0, 0.1) is 0 Å². The fourth-order valence-corrected chi connectivity index (χ4v) is 3.50. The van der Waals surface area contributed by atoms with Gasteiger partial charge in [0.15, 0.2) is 0 Å². The van der Waals surface area contributed by atoms with Gasteiger partial charge in [-0.05, 0) is 24.3 Å². The van der Waals surface area contributed by atoms with Crippen LogP contribution in [0.4, 0.5) is 0 Å². The summed E-state index contributed by atoms with van der Waals surface area (Å²) < 4.78 is 10.8. The van der Waals surface area contributed by atoms with E-state index in [4.69, 9.17) is 9.47 Å². The molecule has 3 rings (SSSR count). The summed E-state index contributed by atoms with van der Waals surface area (Å²) in [6.07, 6.45) is 0. The number of benzene rings is 2. The lowest BCUT2D eigenvalue weighted by atomic mass is 10.1. The number of para-hydroxylation sites is 1. The Balaban J connectivity index is 1.52. The van der Waals surface area contributed by atoms with Crippen molar-refractivity contribution in [2.45, 2.75) is 13.1 Å². The fourth-order valence-electron chi connectivity index (χ4n) is 3.50. The molecule has 0 atom stereocenters. The summed E-state index contributed by atoms with van der Waals surface area (Å²) in [7, 11) is 3.48. The number of rotatable bonds is 6. The summed E-state index contributed by atoms with van der Waals surface area (Å²) in [6.45, 7) is 6.97. The smallest absolute Gasteiger partial charge is 0.127 e. The molecule has 0 saturated carbocycles. The molecule has 2 aromatic rings. The van der Waals surface area contributed by atoms with Gasteiger partial charge in [-0.2, -0.15) is 0 Å². The Labute approximate surface area is 144 Å². The molecule has 4 heteroatoms. The van der Waals surface area contributed by atoms with Crippen LogP contribution in [-0.2, 0) is 13.1 Å². The van der Waals surface area contributed by atoms with Gasteiger partial charge in [0.25, 0.3) is 0 Å². The molecule has 0 amide bonds. The van der Waals surface area contributed by atoms with E-state index in [9.17, 15) is 0 Å². The number of hydrogen-bond donors (Lipinski definition) is 2. The number of quaternary nitrogens is 2. The fraction of sp³-hybridized carbons (Fsp3) is 0.400. The normalized spacial score (nSPS) is 20.6. The molecule has 1 saturated heterocycles. The van der Waals surface area contributed by atoms with Crippen molar-refractivity contribution in [3.8, 4) is 11.5 Å². The third-order valence-electron chi connectivity index (χ3n) is 4.89. The lowest BCUT2D eigenvalue weighted by Gasteiger charge is -2.30. The molecule has 0 radical (unpaired) electrons. The topological polar surface area (TPSA) is 27.3 Å². The van der Waals surface area contributed by atoms with Crippen molar-refractivity contribution in [3.05, 3.63) is 59.7 Å². The first kappa shape index (κ1) is 16.8. The molecule has 0 bridgehead atoms. The second-order valence-corrected chi connectivity index (χ2v) is 6.52. The van der Waals surface area contributed by atoms with E-state index in [1.807, 2.05) is 12.1 Å². The van der Waals surface area contributed by atoms with E-state index >= 15 is 0 Å². The van der Waals surface area contributed by atoms with Gasteiger partial charge in [0, 0.05) is 11.1 Å². The summed E-state index contributed by atoms with van der Waals surface area (Å²) in [5, 5.41) is 0. The summed E-state index contributed by atoms with van der Waals surface area (Å²) in [5.41, 5.74) is 2.67. The van der Waals surface area contributed by atoms with Crippen LogP contribution in [0.1, 0.15) is 11.1 Å². The second-order valence-electron chi connectivity index (χ2n) is 6.52. The minimum atomic E-state index is 0.951. The molecule has 1 fully saturated rings. The van der Waals surface area contributed by atoms with Crippen molar-refractivity contribution in [2.24, 2.45) is 0 Å². The standard InChI is InChI=1S/C20H26N2O2/c1-23-19-8-5-6-17(14-19)15-21-10-12-22(13-11-21)16-18-7-3-4-9-20(18)24-2/h3-9,14H,10-13,15-16H2,1-2H3/p+2. The SMILES string of the molecule is COc1cccc(C[NH+]2CC[NH+](Cc3ccccc3OC)CC2)c1. The Morgan fingerprint density at radius 1 is 0.792 bits per heavy atom. The molecule has 0 spiro atoms. The highest BCUT2D eigenvalue weighted by Crippen LogP contribution is 2.15. The zero-order valence-corrected chi connectivity index (χ0v) is 14.7. The minimum Gasteiger partial charge on any atom is -0.497 e. The van der Waals surface area contributed by atoms with Gasteiger partial charge in [0.05, 0.1) is 14.2 Å². The van der Waals surface area contributed by atoms with Gasteiger partial charge < -0.3 is 19.3 Å². The summed E-state index contributed by atoms with van der Waals surface area (Å²) in [4.78, 5) is 3.31. The van der Waals surface area contributed by atoms with Crippen molar-refractivity contribution in [1.82, 2.24) is 0 Å². The molecule has 1 aliphatic heterocycles. The number of hydrogen-bond acceptors (Lipinski definition) is 2. The average molecular weight is 328 g/mol. The lowest BCUT2D eigenvalue weighted by Crippen LogP contribution is -3.27. The van der Waals surface area contributed by atoms with Crippen LogP contribution in [-0.4, -0.2) is 40.4 Å². The summed E-state index contributed by atoms with van der Waals surface area (Å²) in [5.74, 6) is 1.96. The molecule has 0 aromatic heterocycles. The van der Waals surface area contributed by atoms with Crippen LogP contribution in [0.15, 0.2) is 48.5 Å². The van der Waals surface area contributed by atoms with Gasteiger partial charge in [-0.15, -0.1) is 0 Å². The average Bonchev–Trinajstić information content (AvgIpc) is 2.64. The van der Waals surface area contributed by atoms with Gasteiger partial charge in [0.1, 0.15) is 50.8 Å². The Morgan fingerprint density at radius 3 is 2.21 bits per heavy atom. The maximum absolute atomic E-state index is 5.48. The summed E-state index contributed by atoms with van der Waals surface area (Å²) >= 11 is 0. The van der Waals surface area contributed by atoms with E-state index in [-0.39, 0.29) is 0 Å². The lowest BCUT2D eigenvalue weighted by molar-refractivity contribution is -1.02. The van der Waals surface area contributed by atoms with Crippen molar-refractivity contribution < 1.29 is 19.3 Å². The number of piperazine rings is 1. The molecule has 1 aliphatic rings. The van der Waals surface area contributed by atoms with E-state index in [1.165, 1.54) is 37.3 Å². The monoisotopic (exact) mass is 328 g/mol. The third kappa shape index (κ3) is 4.28. The highest BCUT2D eigenvalue weighted by molar-refractivity contribution is 5.32.